The topological polar surface area (TPSA) is 72.7 Å². The summed E-state index contributed by atoms with van der Waals surface area (Å²) in [5.41, 5.74) is 0.314. The molecule has 6 heteroatoms. The number of carbonyl (C=O) groups is 1. The van der Waals surface area contributed by atoms with Crippen LogP contribution in [0, 0.1) is 10.1 Å². The van der Waals surface area contributed by atoms with Crippen molar-refractivity contribution in [2.75, 3.05) is 20.2 Å². The predicted molar refractivity (Wildman–Crippen MR) is 74.0 cm³/mol. The van der Waals surface area contributed by atoms with Gasteiger partial charge in [0.2, 0.25) is 0 Å². The third kappa shape index (κ3) is 3.07. The number of likely N-dealkylation sites (tertiary alicyclic amines) is 1. The lowest BCUT2D eigenvalue weighted by Crippen LogP contribution is -2.31. The zero-order valence-corrected chi connectivity index (χ0v) is 11.5. The first-order chi connectivity index (χ1) is 9.63. The molecule has 0 radical (unpaired) electrons. The maximum Gasteiger partial charge on any atom is 0.310 e. The molecule has 0 spiro atoms. The molecule has 6 nitrogen and oxygen atoms in total. The Bertz CT molecular complexity index is 508. The molecule has 20 heavy (non-hydrogen) atoms. The Hall–Kier alpha value is -2.11. The third-order valence-electron chi connectivity index (χ3n) is 3.52. The molecule has 1 aliphatic heterocycles. The van der Waals surface area contributed by atoms with Crippen LogP contribution in [0.2, 0.25) is 0 Å². The fourth-order valence-electron chi connectivity index (χ4n) is 2.42. The molecule has 1 amide bonds. The molecule has 0 aromatic heterocycles. The van der Waals surface area contributed by atoms with Gasteiger partial charge in [0.15, 0.2) is 5.75 Å². The molecular weight excluding hydrogens is 260 g/mol. The van der Waals surface area contributed by atoms with Crippen molar-refractivity contribution in [3.8, 4) is 5.75 Å². The minimum Gasteiger partial charge on any atom is -0.490 e. The highest BCUT2D eigenvalue weighted by molar-refractivity contribution is 5.95. The lowest BCUT2D eigenvalue weighted by Gasteiger charge is -2.20. The van der Waals surface area contributed by atoms with Gasteiger partial charge in [-0.1, -0.05) is 12.8 Å². The Morgan fingerprint density at radius 3 is 2.45 bits per heavy atom. The number of hydrogen-bond acceptors (Lipinski definition) is 4. The molecule has 1 fully saturated rings. The van der Waals surface area contributed by atoms with Crippen molar-refractivity contribution in [1.29, 1.82) is 0 Å². The second-order valence-corrected chi connectivity index (χ2v) is 4.85. The van der Waals surface area contributed by atoms with Crippen molar-refractivity contribution in [3.05, 3.63) is 33.9 Å². The molecule has 1 aliphatic rings. The molecule has 2 rings (SSSR count). The smallest absolute Gasteiger partial charge is 0.310 e. The molecule has 0 atom stereocenters. The maximum absolute atomic E-state index is 12.4. The predicted octanol–water partition coefficient (Wildman–Crippen LogP) is 2.62. The number of nitro benzene ring substituents is 1. The Labute approximate surface area is 117 Å². The van der Waals surface area contributed by atoms with Crippen LogP contribution in [0.15, 0.2) is 18.2 Å². The number of ether oxygens (including phenoxy) is 1. The van der Waals surface area contributed by atoms with Gasteiger partial charge in [0.05, 0.1) is 12.0 Å². The number of rotatable bonds is 3. The van der Waals surface area contributed by atoms with E-state index in [0.717, 1.165) is 38.8 Å². The van der Waals surface area contributed by atoms with Crippen LogP contribution in [-0.4, -0.2) is 35.9 Å². The van der Waals surface area contributed by atoms with E-state index in [1.54, 1.807) is 0 Å². The summed E-state index contributed by atoms with van der Waals surface area (Å²) in [4.78, 5) is 24.5. The van der Waals surface area contributed by atoms with E-state index in [2.05, 4.69) is 0 Å². The summed E-state index contributed by atoms with van der Waals surface area (Å²) in [6, 6.07) is 4.27. The third-order valence-corrected chi connectivity index (χ3v) is 3.52. The van der Waals surface area contributed by atoms with Gasteiger partial charge in [0.25, 0.3) is 5.91 Å². The van der Waals surface area contributed by atoms with Crippen molar-refractivity contribution < 1.29 is 14.5 Å². The van der Waals surface area contributed by atoms with Crippen LogP contribution in [0.25, 0.3) is 0 Å². The molecule has 108 valence electrons. The largest absolute Gasteiger partial charge is 0.490 e. The quantitative estimate of drug-likeness (QED) is 0.629. The summed E-state index contributed by atoms with van der Waals surface area (Å²) >= 11 is 0. The van der Waals surface area contributed by atoms with Crippen molar-refractivity contribution in [1.82, 2.24) is 4.90 Å². The molecule has 1 aromatic rings. The average molecular weight is 278 g/mol. The van der Waals surface area contributed by atoms with Crippen molar-refractivity contribution >= 4 is 11.6 Å². The normalized spacial score (nSPS) is 15.6. The summed E-state index contributed by atoms with van der Waals surface area (Å²) in [5, 5.41) is 10.8. The standard InChI is InChI=1S/C14H18N2O4/c1-20-13-10-11(6-7-12(13)16(18)19)14(17)15-8-4-2-3-5-9-15/h6-7,10H,2-5,8-9H2,1H3. The van der Waals surface area contributed by atoms with Crippen LogP contribution < -0.4 is 4.74 Å². The zero-order valence-electron chi connectivity index (χ0n) is 11.5. The van der Waals surface area contributed by atoms with Gasteiger partial charge in [-0.3, -0.25) is 14.9 Å². The lowest BCUT2D eigenvalue weighted by molar-refractivity contribution is -0.385. The van der Waals surface area contributed by atoms with Crippen LogP contribution in [-0.2, 0) is 0 Å². The van der Waals surface area contributed by atoms with Gasteiger partial charge in [0, 0.05) is 30.8 Å². The molecule has 1 aromatic carbocycles. The monoisotopic (exact) mass is 278 g/mol. The summed E-state index contributed by atoms with van der Waals surface area (Å²) in [7, 11) is 1.36. The van der Waals surface area contributed by atoms with Gasteiger partial charge in [-0.25, -0.2) is 0 Å². The molecule has 0 aliphatic carbocycles. The molecule has 0 bridgehead atoms. The highest BCUT2D eigenvalue weighted by Gasteiger charge is 2.21. The number of hydrogen-bond donors (Lipinski definition) is 0. The highest BCUT2D eigenvalue weighted by atomic mass is 16.6. The van der Waals surface area contributed by atoms with Crippen LogP contribution in [0.1, 0.15) is 36.0 Å². The second-order valence-electron chi connectivity index (χ2n) is 4.85. The number of nitrogens with zero attached hydrogens (tertiary/aromatic N) is 2. The molecule has 0 unspecified atom stereocenters. The first-order valence-electron chi connectivity index (χ1n) is 6.75. The van der Waals surface area contributed by atoms with E-state index in [1.807, 2.05) is 4.90 Å². The molecule has 1 saturated heterocycles. The first kappa shape index (κ1) is 14.3. The van der Waals surface area contributed by atoms with E-state index >= 15 is 0 Å². The van der Waals surface area contributed by atoms with Gasteiger partial charge in [0.1, 0.15) is 0 Å². The van der Waals surface area contributed by atoms with E-state index in [1.165, 1.54) is 25.3 Å². The second kappa shape index (κ2) is 6.36. The lowest BCUT2D eigenvalue weighted by atomic mass is 10.1. The zero-order chi connectivity index (χ0) is 14.5. The van der Waals surface area contributed by atoms with Gasteiger partial charge in [-0.15, -0.1) is 0 Å². The fourth-order valence-corrected chi connectivity index (χ4v) is 2.42. The van der Waals surface area contributed by atoms with Gasteiger partial charge in [-0.05, 0) is 18.9 Å². The Morgan fingerprint density at radius 1 is 1.25 bits per heavy atom. The maximum atomic E-state index is 12.4. The minimum atomic E-state index is -0.515. The Kier molecular flexibility index (Phi) is 4.55. The summed E-state index contributed by atoms with van der Waals surface area (Å²) < 4.78 is 5.00. The number of amides is 1. The summed E-state index contributed by atoms with van der Waals surface area (Å²) in [6.45, 7) is 1.50. The van der Waals surface area contributed by atoms with Crippen molar-refractivity contribution in [3.63, 3.8) is 0 Å². The van der Waals surface area contributed by atoms with Crippen LogP contribution >= 0.6 is 0 Å². The Balaban J connectivity index is 2.23. The molecule has 0 N–H and O–H groups in total. The van der Waals surface area contributed by atoms with Crippen molar-refractivity contribution in [2.45, 2.75) is 25.7 Å². The van der Waals surface area contributed by atoms with Gasteiger partial charge >= 0.3 is 5.69 Å². The molecule has 0 saturated carbocycles. The van der Waals surface area contributed by atoms with Gasteiger partial charge in [-0.2, -0.15) is 0 Å². The van der Waals surface area contributed by atoms with Gasteiger partial charge < -0.3 is 9.64 Å². The Morgan fingerprint density at radius 2 is 1.90 bits per heavy atom. The van der Waals surface area contributed by atoms with Crippen LogP contribution in [0.3, 0.4) is 0 Å². The SMILES string of the molecule is COc1cc(C(=O)N2CCCCCC2)ccc1[N+](=O)[O-]. The molecular formula is C14H18N2O4. The average Bonchev–Trinajstić information content (AvgIpc) is 2.74. The van der Waals surface area contributed by atoms with Crippen molar-refractivity contribution in [2.24, 2.45) is 0 Å². The summed E-state index contributed by atoms with van der Waals surface area (Å²) in [5.74, 6) is 0.0377. The fraction of sp³-hybridized carbons (Fsp3) is 0.500. The summed E-state index contributed by atoms with van der Waals surface area (Å²) in [6.07, 6.45) is 4.31. The van der Waals surface area contributed by atoms with E-state index in [9.17, 15) is 14.9 Å². The number of methoxy groups -OCH3 is 1. The number of benzene rings is 1. The number of nitro groups is 1. The van der Waals surface area contributed by atoms with Crippen LogP contribution in [0.5, 0.6) is 5.75 Å². The minimum absolute atomic E-state index is 0.0832. The first-order valence-corrected chi connectivity index (χ1v) is 6.75. The van der Waals surface area contributed by atoms with E-state index < -0.39 is 4.92 Å². The number of carbonyl (C=O) groups excluding carboxylic acids is 1. The van der Waals surface area contributed by atoms with E-state index in [4.69, 9.17) is 4.74 Å². The van der Waals surface area contributed by atoms with E-state index in [0.29, 0.717) is 5.56 Å². The highest BCUT2D eigenvalue weighted by Crippen LogP contribution is 2.28. The van der Waals surface area contributed by atoms with Crippen LogP contribution in [0.4, 0.5) is 5.69 Å². The molecule has 1 heterocycles. The van der Waals surface area contributed by atoms with E-state index in [-0.39, 0.29) is 17.3 Å².